The maximum atomic E-state index is 12.7. The molecule has 1 aromatic rings. The molecule has 3 aliphatic rings. The average Bonchev–Trinajstić information content (AvgIpc) is 2.73. The summed E-state index contributed by atoms with van der Waals surface area (Å²) in [6.45, 7) is 2.35. The van der Waals surface area contributed by atoms with Crippen LogP contribution in [0.3, 0.4) is 0 Å². The Kier molecular flexibility index (Phi) is 5.53. The summed E-state index contributed by atoms with van der Waals surface area (Å²) in [6.07, 6.45) is 11.5. The van der Waals surface area contributed by atoms with Crippen LogP contribution in [-0.2, 0) is 4.79 Å². The summed E-state index contributed by atoms with van der Waals surface area (Å²) in [4.78, 5) is 12.7. The lowest BCUT2D eigenvalue weighted by Gasteiger charge is -2.50. The predicted octanol–water partition coefficient (Wildman–Crippen LogP) is 5.73. The van der Waals surface area contributed by atoms with Gasteiger partial charge >= 0.3 is 5.97 Å². The van der Waals surface area contributed by atoms with Crippen LogP contribution in [0.25, 0.3) is 0 Å². The molecule has 0 radical (unpaired) electrons. The van der Waals surface area contributed by atoms with E-state index in [2.05, 4.69) is 13.0 Å². The standard InChI is InChI=1S/C24H31NO2/c1-2-16-5-11-22-18(13-16)6-7-19-14-20(8-12-23(19)22)24(26)27-21-9-3-17(15-25)4-10-21/h3-4,9-10,16,18-20,22-23H,2,5-8,11-14H2,1H3/t16?,18?,19-,20-,22?,23+/m1/s1. The van der Waals surface area contributed by atoms with Crippen LogP contribution in [0.15, 0.2) is 24.3 Å². The molecule has 144 valence electrons. The second kappa shape index (κ2) is 8.05. The van der Waals surface area contributed by atoms with Crippen LogP contribution < -0.4 is 4.74 Å². The van der Waals surface area contributed by atoms with Gasteiger partial charge in [-0.2, -0.15) is 5.26 Å². The van der Waals surface area contributed by atoms with Crippen molar-refractivity contribution in [2.75, 3.05) is 0 Å². The van der Waals surface area contributed by atoms with Crippen LogP contribution in [0.5, 0.6) is 5.75 Å². The molecule has 3 nitrogen and oxygen atoms in total. The van der Waals surface area contributed by atoms with E-state index in [0.717, 1.165) is 42.4 Å². The highest BCUT2D eigenvalue weighted by atomic mass is 16.5. The van der Waals surface area contributed by atoms with Gasteiger partial charge in [0.1, 0.15) is 5.75 Å². The van der Waals surface area contributed by atoms with Gasteiger partial charge in [-0.25, -0.2) is 0 Å². The quantitative estimate of drug-likeness (QED) is 0.507. The summed E-state index contributed by atoms with van der Waals surface area (Å²) >= 11 is 0. The number of hydrogen-bond donors (Lipinski definition) is 0. The second-order valence-corrected chi connectivity index (χ2v) is 9.08. The van der Waals surface area contributed by atoms with Crippen molar-refractivity contribution in [3.05, 3.63) is 29.8 Å². The monoisotopic (exact) mass is 365 g/mol. The van der Waals surface area contributed by atoms with Crippen LogP contribution in [-0.4, -0.2) is 5.97 Å². The summed E-state index contributed by atoms with van der Waals surface area (Å²) in [5.41, 5.74) is 0.588. The van der Waals surface area contributed by atoms with Gasteiger partial charge in [0.05, 0.1) is 17.6 Å². The zero-order chi connectivity index (χ0) is 18.8. The van der Waals surface area contributed by atoms with Crippen molar-refractivity contribution >= 4 is 5.97 Å². The van der Waals surface area contributed by atoms with Crippen molar-refractivity contribution in [2.45, 2.75) is 64.7 Å². The topological polar surface area (TPSA) is 50.1 Å². The molecule has 3 aliphatic carbocycles. The molecule has 6 atom stereocenters. The van der Waals surface area contributed by atoms with E-state index < -0.39 is 0 Å². The van der Waals surface area contributed by atoms with Crippen molar-refractivity contribution < 1.29 is 9.53 Å². The molecular weight excluding hydrogens is 334 g/mol. The lowest BCUT2D eigenvalue weighted by Crippen LogP contribution is -2.42. The number of nitrogens with zero attached hydrogens (tertiary/aromatic N) is 1. The molecule has 3 saturated carbocycles. The number of esters is 1. The van der Waals surface area contributed by atoms with Gasteiger partial charge in [0.15, 0.2) is 0 Å². The lowest BCUT2D eigenvalue weighted by atomic mass is 9.55. The van der Waals surface area contributed by atoms with E-state index in [-0.39, 0.29) is 11.9 Å². The van der Waals surface area contributed by atoms with Gasteiger partial charge in [0.2, 0.25) is 0 Å². The molecule has 3 heteroatoms. The molecule has 4 rings (SSSR count). The molecule has 0 N–H and O–H groups in total. The number of fused-ring (bicyclic) bond motifs is 3. The van der Waals surface area contributed by atoms with E-state index in [1.165, 1.54) is 44.9 Å². The number of rotatable bonds is 3. The Bertz CT molecular complexity index is 704. The number of benzene rings is 1. The normalized spacial score (nSPS) is 35.4. The van der Waals surface area contributed by atoms with E-state index in [4.69, 9.17) is 10.00 Å². The highest BCUT2D eigenvalue weighted by Gasteiger charge is 2.45. The predicted molar refractivity (Wildman–Crippen MR) is 105 cm³/mol. The zero-order valence-corrected chi connectivity index (χ0v) is 16.4. The average molecular weight is 366 g/mol. The molecular formula is C24H31NO2. The first-order chi connectivity index (χ1) is 13.2. The minimum Gasteiger partial charge on any atom is -0.426 e. The first-order valence-electron chi connectivity index (χ1n) is 10.9. The molecule has 3 fully saturated rings. The fourth-order valence-electron chi connectivity index (χ4n) is 6.27. The van der Waals surface area contributed by atoms with E-state index in [1.54, 1.807) is 24.3 Å². The Labute approximate surface area is 163 Å². The van der Waals surface area contributed by atoms with Crippen LogP contribution in [0.2, 0.25) is 0 Å². The van der Waals surface area contributed by atoms with Gasteiger partial charge in [-0.15, -0.1) is 0 Å². The molecule has 27 heavy (non-hydrogen) atoms. The molecule has 3 unspecified atom stereocenters. The maximum Gasteiger partial charge on any atom is 0.314 e. The molecule has 0 bridgehead atoms. The number of hydrogen-bond acceptors (Lipinski definition) is 3. The lowest BCUT2D eigenvalue weighted by molar-refractivity contribution is -0.142. The third-order valence-corrected chi connectivity index (χ3v) is 7.76. The Morgan fingerprint density at radius 3 is 2.33 bits per heavy atom. The van der Waals surface area contributed by atoms with Gasteiger partial charge in [-0.3, -0.25) is 4.79 Å². The van der Waals surface area contributed by atoms with E-state index >= 15 is 0 Å². The van der Waals surface area contributed by atoms with E-state index in [0.29, 0.717) is 11.3 Å². The number of carbonyl (C=O) groups excluding carboxylic acids is 1. The van der Waals surface area contributed by atoms with Crippen LogP contribution in [0.4, 0.5) is 0 Å². The SMILES string of the molecule is CCC1CCC2C(CC[C@@H]3C[C@H](C(=O)Oc4ccc(C#N)cc4)CC[C@H]23)C1. The summed E-state index contributed by atoms with van der Waals surface area (Å²) in [5, 5.41) is 8.88. The largest absolute Gasteiger partial charge is 0.426 e. The molecule has 0 aromatic heterocycles. The zero-order valence-electron chi connectivity index (χ0n) is 16.4. The Hall–Kier alpha value is -1.82. The highest BCUT2D eigenvalue weighted by Crippen LogP contribution is 2.53. The van der Waals surface area contributed by atoms with Gasteiger partial charge in [0.25, 0.3) is 0 Å². The van der Waals surface area contributed by atoms with Crippen molar-refractivity contribution in [3.8, 4) is 11.8 Å². The first kappa shape index (κ1) is 18.5. The summed E-state index contributed by atoms with van der Waals surface area (Å²) in [5.74, 6) is 4.93. The number of ether oxygens (including phenoxy) is 1. The summed E-state index contributed by atoms with van der Waals surface area (Å²) in [6, 6.07) is 8.94. The van der Waals surface area contributed by atoms with Gasteiger partial charge in [0, 0.05) is 0 Å². The second-order valence-electron chi connectivity index (χ2n) is 9.08. The first-order valence-corrected chi connectivity index (χ1v) is 10.9. The Balaban J connectivity index is 1.35. The minimum absolute atomic E-state index is 0.0467. The van der Waals surface area contributed by atoms with Gasteiger partial charge < -0.3 is 4.74 Å². The summed E-state index contributed by atoms with van der Waals surface area (Å²) in [7, 11) is 0. The minimum atomic E-state index is -0.0741. The van der Waals surface area contributed by atoms with E-state index in [9.17, 15) is 4.79 Å². The molecule has 0 aliphatic heterocycles. The fraction of sp³-hybridized carbons (Fsp3) is 0.667. The van der Waals surface area contributed by atoms with Crippen LogP contribution in [0.1, 0.15) is 70.3 Å². The maximum absolute atomic E-state index is 12.7. The molecule has 0 heterocycles. The summed E-state index contributed by atoms with van der Waals surface area (Å²) < 4.78 is 5.62. The van der Waals surface area contributed by atoms with Crippen molar-refractivity contribution in [1.29, 1.82) is 5.26 Å². The van der Waals surface area contributed by atoms with Gasteiger partial charge in [-0.1, -0.05) is 19.8 Å². The Morgan fingerprint density at radius 1 is 1.00 bits per heavy atom. The van der Waals surface area contributed by atoms with Crippen molar-refractivity contribution in [2.24, 2.45) is 35.5 Å². The van der Waals surface area contributed by atoms with Crippen molar-refractivity contribution in [3.63, 3.8) is 0 Å². The van der Waals surface area contributed by atoms with Crippen molar-refractivity contribution in [1.82, 2.24) is 0 Å². The Morgan fingerprint density at radius 2 is 1.67 bits per heavy atom. The van der Waals surface area contributed by atoms with E-state index in [1.807, 2.05) is 0 Å². The fourth-order valence-corrected chi connectivity index (χ4v) is 6.27. The van der Waals surface area contributed by atoms with Gasteiger partial charge in [-0.05, 0) is 98.8 Å². The molecule has 0 amide bonds. The highest BCUT2D eigenvalue weighted by molar-refractivity contribution is 5.75. The third-order valence-electron chi connectivity index (χ3n) is 7.76. The molecule has 1 aromatic carbocycles. The van der Waals surface area contributed by atoms with Crippen LogP contribution >= 0.6 is 0 Å². The third kappa shape index (κ3) is 3.91. The number of nitriles is 1. The van der Waals surface area contributed by atoms with Crippen LogP contribution in [0, 0.1) is 46.8 Å². The number of carbonyl (C=O) groups is 1. The molecule has 0 spiro atoms. The molecule has 0 saturated heterocycles. The smallest absolute Gasteiger partial charge is 0.314 e.